The molecule has 1 N–H and O–H groups in total. The van der Waals surface area contributed by atoms with Crippen molar-refractivity contribution in [1.82, 2.24) is 4.98 Å². The summed E-state index contributed by atoms with van der Waals surface area (Å²) in [4.78, 5) is 4.30. The third-order valence-corrected chi connectivity index (χ3v) is 2.71. The predicted octanol–water partition coefficient (Wildman–Crippen LogP) is 3.84. The maximum atomic E-state index is 13.1. The number of rotatable bonds is 4. The van der Waals surface area contributed by atoms with Gasteiger partial charge in [-0.05, 0) is 36.8 Å². The summed E-state index contributed by atoms with van der Waals surface area (Å²) in [5.41, 5.74) is 2.49. The molecular formula is C17H16FNO. The Morgan fingerprint density at radius 1 is 1.15 bits per heavy atom. The van der Waals surface area contributed by atoms with Crippen molar-refractivity contribution < 1.29 is 9.50 Å². The molecule has 1 aromatic heterocycles. The summed E-state index contributed by atoms with van der Waals surface area (Å²) in [6.45, 7) is 1.69. The quantitative estimate of drug-likeness (QED) is 0.855. The molecule has 0 spiro atoms. The molecule has 2 aromatic rings. The molecule has 0 radical (unpaired) electrons. The molecule has 0 aliphatic carbocycles. The zero-order chi connectivity index (χ0) is 14.4. The van der Waals surface area contributed by atoms with Crippen LogP contribution in [0.25, 0.3) is 17.2 Å². The number of halogens is 1. The summed E-state index contributed by atoms with van der Waals surface area (Å²) in [7, 11) is 0. The Morgan fingerprint density at radius 3 is 2.65 bits per heavy atom. The molecule has 3 heteroatoms. The Morgan fingerprint density at radius 2 is 2.00 bits per heavy atom. The van der Waals surface area contributed by atoms with E-state index >= 15 is 0 Å². The van der Waals surface area contributed by atoms with Crippen molar-refractivity contribution in [2.75, 3.05) is 0 Å². The number of hydrogen-bond acceptors (Lipinski definition) is 2. The van der Waals surface area contributed by atoms with Gasteiger partial charge in [0.05, 0.1) is 11.8 Å². The highest BCUT2D eigenvalue weighted by atomic mass is 19.1. The SMILES string of the molecule is CC(O)/C=C\C=C\c1ccc(-c2cccc(F)c2)cn1. The van der Waals surface area contributed by atoms with Crippen LogP contribution in [0.5, 0.6) is 0 Å². The van der Waals surface area contributed by atoms with Gasteiger partial charge in [-0.2, -0.15) is 0 Å². The normalized spacial score (nSPS) is 13.2. The molecule has 0 aliphatic heterocycles. The maximum Gasteiger partial charge on any atom is 0.123 e. The van der Waals surface area contributed by atoms with E-state index in [1.807, 2.05) is 30.4 Å². The van der Waals surface area contributed by atoms with E-state index in [0.29, 0.717) is 0 Å². The monoisotopic (exact) mass is 269 g/mol. The third-order valence-electron chi connectivity index (χ3n) is 2.71. The lowest BCUT2D eigenvalue weighted by atomic mass is 10.1. The van der Waals surface area contributed by atoms with E-state index in [1.54, 1.807) is 31.3 Å². The lowest BCUT2D eigenvalue weighted by Crippen LogP contribution is -1.90. The summed E-state index contributed by atoms with van der Waals surface area (Å²) >= 11 is 0. The van der Waals surface area contributed by atoms with Crippen molar-refractivity contribution in [1.29, 1.82) is 0 Å². The summed E-state index contributed by atoms with van der Waals surface area (Å²) in [6, 6.07) is 10.2. The van der Waals surface area contributed by atoms with Gasteiger partial charge in [-0.3, -0.25) is 4.98 Å². The number of allylic oxidation sites excluding steroid dienone is 2. The lowest BCUT2D eigenvalue weighted by Gasteiger charge is -2.01. The summed E-state index contributed by atoms with van der Waals surface area (Å²) in [5.74, 6) is -0.255. The second-order valence-electron chi connectivity index (χ2n) is 4.47. The van der Waals surface area contributed by atoms with E-state index in [4.69, 9.17) is 5.11 Å². The van der Waals surface area contributed by atoms with Gasteiger partial charge < -0.3 is 5.11 Å². The fraction of sp³-hybridized carbons (Fsp3) is 0.118. The van der Waals surface area contributed by atoms with Gasteiger partial charge in [0.1, 0.15) is 5.82 Å². The Labute approximate surface area is 117 Å². The smallest absolute Gasteiger partial charge is 0.123 e. The first kappa shape index (κ1) is 14.2. The number of nitrogens with zero attached hydrogens (tertiary/aromatic N) is 1. The van der Waals surface area contributed by atoms with Crippen LogP contribution >= 0.6 is 0 Å². The van der Waals surface area contributed by atoms with Crippen molar-refractivity contribution in [3.63, 3.8) is 0 Å². The topological polar surface area (TPSA) is 33.1 Å². The number of benzene rings is 1. The van der Waals surface area contributed by atoms with Gasteiger partial charge in [0.25, 0.3) is 0 Å². The van der Waals surface area contributed by atoms with Crippen LogP contribution in [-0.2, 0) is 0 Å². The van der Waals surface area contributed by atoms with Crippen molar-refractivity contribution in [3.8, 4) is 11.1 Å². The second-order valence-corrected chi connectivity index (χ2v) is 4.47. The van der Waals surface area contributed by atoms with Crippen molar-refractivity contribution in [3.05, 3.63) is 72.3 Å². The minimum atomic E-state index is -0.456. The standard InChI is InChI=1S/C17H16FNO/c1-13(20)5-2-3-8-17-10-9-15(12-19-17)14-6-4-7-16(18)11-14/h2-13,20H,1H3/b5-2-,8-3+. The maximum absolute atomic E-state index is 13.1. The van der Waals surface area contributed by atoms with Crippen LogP contribution < -0.4 is 0 Å². The van der Waals surface area contributed by atoms with Gasteiger partial charge in [0.15, 0.2) is 0 Å². The van der Waals surface area contributed by atoms with Gasteiger partial charge in [-0.1, -0.05) is 36.4 Å². The van der Waals surface area contributed by atoms with Gasteiger partial charge in [-0.25, -0.2) is 4.39 Å². The van der Waals surface area contributed by atoms with Crippen molar-refractivity contribution in [2.24, 2.45) is 0 Å². The minimum Gasteiger partial charge on any atom is -0.389 e. The molecule has 20 heavy (non-hydrogen) atoms. The molecule has 2 rings (SSSR count). The number of pyridine rings is 1. The van der Waals surface area contributed by atoms with E-state index in [-0.39, 0.29) is 5.82 Å². The fourth-order valence-electron chi connectivity index (χ4n) is 1.72. The van der Waals surface area contributed by atoms with Crippen LogP contribution in [0.2, 0.25) is 0 Å². The average Bonchev–Trinajstić information content (AvgIpc) is 2.44. The first-order chi connectivity index (χ1) is 9.65. The molecule has 0 fully saturated rings. The van der Waals surface area contributed by atoms with E-state index in [1.165, 1.54) is 12.1 Å². The Hall–Kier alpha value is -2.26. The first-order valence-electron chi connectivity index (χ1n) is 6.40. The number of hydrogen-bond donors (Lipinski definition) is 1. The van der Waals surface area contributed by atoms with E-state index < -0.39 is 6.10 Å². The van der Waals surface area contributed by atoms with Gasteiger partial charge >= 0.3 is 0 Å². The molecule has 102 valence electrons. The van der Waals surface area contributed by atoms with Crippen LogP contribution in [0.1, 0.15) is 12.6 Å². The number of aliphatic hydroxyl groups excluding tert-OH is 1. The number of aliphatic hydroxyl groups is 1. The Balaban J connectivity index is 2.10. The highest BCUT2D eigenvalue weighted by Crippen LogP contribution is 2.19. The lowest BCUT2D eigenvalue weighted by molar-refractivity contribution is 0.244. The van der Waals surface area contributed by atoms with E-state index in [9.17, 15) is 4.39 Å². The molecular weight excluding hydrogens is 253 g/mol. The highest BCUT2D eigenvalue weighted by molar-refractivity contribution is 5.63. The summed E-state index contributed by atoms with van der Waals surface area (Å²) in [6.07, 6.45) is 8.37. The molecule has 1 heterocycles. The zero-order valence-electron chi connectivity index (χ0n) is 11.2. The molecule has 0 amide bonds. The molecule has 1 unspecified atom stereocenters. The molecule has 0 saturated carbocycles. The molecule has 0 bridgehead atoms. The second kappa shape index (κ2) is 6.78. The zero-order valence-corrected chi connectivity index (χ0v) is 11.2. The van der Waals surface area contributed by atoms with Gasteiger partial charge in [0.2, 0.25) is 0 Å². The largest absolute Gasteiger partial charge is 0.389 e. The average molecular weight is 269 g/mol. The summed E-state index contributed by atoms with van der Waals surface area (Å²) in [5, 5.41) is 9.07. The van der Waals surface area contributed by atoms with Gasteiger partial charge in [0, 0.05) is 11.8 Å². The molecule has 0 aliphatic rings. The molecule has 1 atom stereocenters. The van der Waals surface area contributed by atoms with Crippen LogP contribution in [0.3, 0.4) is 0 Å². The van der Waals surface area contributed by atoms with Crippen LogP contribution in [0.15, 0.2) is 60.8 Å². The van der Waals surface area contributed by atoms with Crippen LogP contribution in [-0.4, -0.2) is 16.2 Å². The van der Waals surface area contributed by atoms with Gasteiger partial charge in [-0.15, -0.1) is 0 Å². The molecule has 1 aromatic carbocycles. The minimum absolute atomic E-state index is 0.255. The van der Waals surface area contributed by atoms with E-state index in [2.05, 4.69) is 4.98 Å². The Bertz CT molecular complexity index is 615. The third kappa shape index (κ3) is 4.14. The van der Waals surface area contributed by atoms with E-state index in [0.717, 1.165) is 16.8 Å². The summed E-state index contributed by atoms with van der Waals surface area (Å²) < 4.78 is 13.1. The molecule has 0 saturated heterocycles. The van der Waals surface area contributed by atoms with Crippen molar-refractivity contribution in [2.45, 2.75) is 13.0 Å². The fourth-order valence-corrected chi connectivity index (χ4v) is 1.72. The predicted molar refractivity (Wildman–Crippen MR) is 79.5 cm³/mol. The molecule has 2 nitrogen and oxygen atoms in total. The van der Waals surface area contributed by atoms with Crippen LogP contribution in [0.4, 0.5) is 4.39 Å². The van der Waals surface area contributed by atoms with Crippen LogP contribution in [0, 0.1) is 5.82 Å². The Kier molecular flexibility index (Phi) is 4.80. The highest BCUT2D eigenvalue weighted by Gasteiger charge is 1.99. The number of aromatic nitrogens is 1. The first-order valence-corrected chi connectivity index (χ1v) is 6.40. The van der Waals surface area contributed by atoms with Crippen molar-refractivity contribution >= 4 is 6.08 Å².